The van der Waals surface area contributed by atoms with E-state index in [1.807, 2.05) is 0 Å². The molecule has 30 heavy (non-hydrogen) atoms. The number of methoxy groups -OCH3 is 1. The summed E-state index contributed by atoms with van der Waals surface area (Å²) in [6.45, 7) is 11.7. The molecule has 2 aromatic carbocycles. The van der Waals surface area contributed by atoms with Gasteiger partial charge in [-0.3, -0.25) is 0 Å². The number of ether oxygens (including phenoxy) is 1. The summed E-state index contributed by atoms with van der Waals surface area (Å²) in [6.07, 6.45) is 2.88. The van der Waals surface area contributed by atoms with E-state index in [4.69, 9.17) is 4.74 Å². The molecule has 0 fully saturated rings. The Morgan fingerprint density at radius 3 is 2.67 bits per heavy atom. The Balaban J connectivity index is 2.07. The van der Waals surface area contributed by atoms with Crippen LogP contribution in [0, 0.1) is 6.92 Å². The number of pyridine rings is 1. The van der Waals surface area contributed by atoms with Crippen LogP contribution in [-0.2, 0) is 4.74 Å². The van der Waals surface area contributed by atoms with Crippen LogP contribution in [0.25, 0.3) is 22.0 Å². The molecule has 2 unspecified atom stereocenters. The minimum absolute atomic E-state index is 0.0504. The largest absolute Gasteiger partial charge is 0.396 e. The molecule has 156 valence electrons. The molecule has 4 rings (SSSR count). The van der Waals surface area contributed by atoms with Crippen molar-refractivity contribution in [3.05, 3.63) is 77.5 Å². The van der Waals surface area contributed by atoms with Crippen LogP contribution in [0.5, 0.6) is 0 Å². The van der Waals surface area contributed by atoms with Crippen molar-refractivity contribution in [3.63, 3.8) is 0 Å². The molecule has 3 nitrogen and oxygen atoms in total. The molecule has 0 radical (unpaired) electrons. The van der Waals surface area contributed by atoms with Crippen molar-refractivity contribution < 1.29 is 14.4 Å². The third-order valence-electron chi connectivity index (χ3n) is 6.40. The highest BCUT2D eigenvalue weighted by Crippen LogP contribution is 2.45. The van der Waals surface area contributed by atoms with Gasteiger partial charge in [0.15, 0.2) is 12.2 Å². The molecule has 2 atom stereocenters. The van der Waals surface area contributed by atoms with E-state index in [0.29, 0.717) is 18.9 Å². The highest BCUT2D eigenvalue weighted by atomic mass is 16.5. The van der Waals surface area contributed by atoms with E-state index in [2.05, 4.69) is 80.6 Å². The summed E-state index contributed by atoms with van der Waals surface area (Å²) >= 11 is 0. The molecule has 0 bridgehead atoms. The van der Waals surface area contributed by atoms with Crippen LogP contribution in [-0.4, -0.2) is 25.4 Å². The SMILES string of the molecule is C=C(COC)C1C(CCO)c2ccc(C)cc2-c2c3cc(C(C)C)ccc3cc[n+]21. The first-order valence-corrected chi connectivity index (χ1v) is 10.8. The lowest BCUT2D eigenvalue weighted by atomic mass is 9.77. The second-order valence-corrected chi connectivity index (χ2v) is 8.82. The maximum atomic E-state index is 9.88. The molecule has 0 aliphatic carbocycles. The molecule has 1 N–H and O–H groups in total. The number of nitrogens with zero attached hydrogens (tertiary/aromatic N) is 1. The highest BCUT2D eigenvalue weighted by molar-refractivity contribution is 5.94. The second-order valence-electron chi connectivity index (χ2n) is 8.82. The summed E-state index contributed by atoms with van der Waals surface area (Å²) in [5, 5.41) is 12.4. The number of benzene rings is 2. The molecular formula is C27H32NO2+. The third kappa shape index (κ3) is 3.46. The number of aliphatic hydroxyl groups excluding tert-OH is 1. The molecule has 1 aliphatic rings. The monoisotopic (exact) mass is 402 g/mol. The van der Waals surface area contributed by atoms with Gasteiger partial charge in [-0.15, -0.1) is 0 Å². The van der Waals surface area contributed by atoms with Crippen molar-refractivity contribution in [1.82, 2.24) is 0 Å². The van der Waals surface area contributed by atoms with Gasteiger partial charge in [-0.1, -0.05) is 50.3 Å². The van der Waals surface area contributed by atoms with Crippen molar-refractivity contribution >= 4 is 10.8 Å². The van der Waals surface area contributed by atoms with Gasteiger partial charge in [-0.2, -0.15) is 4.57 Å². The average Bonchev–Trinajstić information content (AvgIpc) is 2.73. The zero-order chi connectivity index (χ0) is 21.4. The van der Waals surface area contributed by atoms with Crippen molar-refractivity contribution in [1.29, 1.82) is 0 Å². The Labute approximate surface area is 179 Å². The predicted octanol–water partition coefficient (Wildman–Crippen LogP) is 5.45. The fourth-order valence-electron chi connectivity index (χ4n) is 4.94. The molecule has 0 amide bonds. The summed E-state index contributed by atoms with van der Waals surface area (Å²) in [4.78, 5) is 0. The van der Waals surface area contributed by atoms with Crippen LogP contribution in [0.15, 0.2) is 60.8 Å². The van der Waals surface area contributed by atoms with Crippen molar-refractivity contribution in [3.8, 4) is 11.3 Å². The Hall–Kier alpha value is -2.49. The zero-order valence-electron chi connectivity index (χ0n) is 18.5. The number of rotatable bonds is 6. The smallest absolute Gasteiger partial charge is 0.221 e. The van der Waals surface area contributed by atoms with Gasteiger partial charge in [0, 0.05) is 25.4 Å². The number of aliphatic hydroxyl groups is 1. The Morgan fingerprint density at radius 2 is 1.97 bits per heavy atom. The fourth-order valence-corrected chi connectivity index (χ4v) is 4.94. The summed E-state index contributed by atoms with van der Waals surface area (Å²) in [5.41, 5.74) is 7.42. The summed E-state index contributed by atoms with van der Waals surface area (Å²) in [6, 6.07) is 15.8. The highest BCUT2D eigenvalue weighted by Gasteiger charge is 2.42. The van der Waals surface area contributed by atoms with E-state index in [1.165, 1.54) is 38.7 Å². The number of hydrogen-bond donors (Lipinski definition) is 1. The molecule has 1 aromatic heterocycles. The molecule has 0 saturated carbocycles. The van der Waals surface area contributed by atoms with E-state index in [1.54, 1.807) is 7.11 Å². The lowest BCUT2D eigenvalue weighted by molar-refractivity contribution is -0.708. The van der Waals surface area contributed by atoms with Gasteiger partial charge in [0.05, 0.1) is 23.5 Å². The molecule has 1 aliphatic heterocycles. The summed E-state index contributed by atoms with van der Waals surface area (Å²) in [7, 11) is 1.72. The van der Waals surface area contributed by atoms with Crippen LogP contribution in [0.4, 0.5) is 0 Å². The van der Waals surface area contributed by atoms with E-state index < -0.39 is 0 Å². The maximum Gasteiger partial charge on any atom is 0.221 e. The van der Waals surface area contributed by atoms with Crippen LogP contribution >= 0.6 is 0 Å². The van der Waals surface area contributed by atoms with E-state index in [-0.39, 0.29) is 18.6 Å². The van der Waals surface area contributed by atoms with Crippen LogP contribution in [0.1, 0.15) is 54.8 Å². The van der Waals surface area contributed by atoms with Gasteiger partial charge in [0.25, 0.3) is 0 Å². The first-order valence-electron chi connectivity index (χ1n) is 10.8. The van der Waals surface area contributed by atoms with Crippen LogP contribution < -0.4 is 4.57 Å². The zero-order valence-corrected chi connectivity index (χ0v) is 18.5. The van der Waals surface area contributed by atoms with E-state index >= 15 is 0 Å². The molecular weight excluding hydrogens is 370 g/mol. The number of hydrogen-bond acceptors (Lipinski definition) is 2. The number of fused-ring (bicyclic) bond motifs is 5. The molecule has 3 heteroatoms. The summed E-state index contributed by atoms with van der Waals surface area (Å²) in [5.74, 6) is 0.633. The van der Waals surface area contributed by atoms with E-state index in [9.17, 15) is 5.11 Å². The summed E-state index contributed by atoms with van der Waals surface area (Å²) < 4.78 is 7.84. The Kier molecular flexibility index (Phi) is 5.77. The van der Waals surface area contributed by atoms with Crippen molar-refractivity contribution in [2.75, 3.05) is 20.3 Å². The molecule has 3 aromatic rings. The fraction of sp³-hybridized carbons (Fsp3) is 0.370. The third-order valence-corrected chi connectivity index (χ3v) is 6.40. The molecule has 0 saturated heterocycles. The molecule has 2 heterocycles. The van der Waals surface area contributed by atoms with Gasteiger partial charge in [-0.25, -0.2) is 0 Å². The predicted molar refractivity (Wildman–Crippen MR) is 123 cm³/mol. The normalized spacial score (nSPS) is 17.8. The first kappa shape index (κ1) is 20.8. The van der Waals surface area contributed by atoms with Gasteiger partial charge in [0.1, 0.15) is 0 Å². The number of aromatic nitrogens is 1. The molecule has 0 spiro atoms. The van der Waals surface area contributed by atoms with Gasteiger partial charge in [0.2, 0.25) is 5.69 Å². The Morgan fingerprint density at radius 1 is 1.17 bits per heavy atom. The van der Waals surface area contributed by atoms with Gasteiger partial charge >= 0.3 is 0 Å². The minimum Gasteiger partial charge on any atom is -0.396 e. The van der Waals surface area contributed by atoms with Gasteiger partial charge < -0.3 is 9.84 Å². The van der Waals surface area contributed by atoms with Crippen molar-refractivity contribution in [2.24, 2.45) is 0 Å². The van der Waals surface area contributed by atoms with E-state index in [0.717, 1.165) is 5.57 Å². The van der Waals surface area contributed by atoms with Crippen LogP contribution in [0.3, 0.4) is 0 Å². The maximum absolute atomic E-state index is 9.88. The quantitative estimate of drug-likeness (QED) is 0.439. The van der Waals surface area contributed by atoms with Crippen molar-refractivity contribution in [2.45, 2.75) is 45.1 Å². The van der Waals surface area contributed by atoms with Gasteiger partial charge in [-0.05, 0) is 47.9 Å². The topological polar surface area (TPSA) is 33.3 Å². The number of aryl methyl sites for hydroxylation is 1. The first-order chi connectivity index (χ1) is 14.5. The average molecular weight is 403 g/mol. The van der Waals surface area contributed by atoms with Crippen LogP contribution in [0.2, 0.25) is 0 Å². The second kappa shape index (κ2) is 8.33. The lowest BCUT2D eigenvalue weighted by Crippen LogP contribution is -2.49. The standard InChI is InChI=1S/C27H32NO2/c1-17(2)21-8-7-20-10-12-28-26(19(4)16-30-5)23(11-13-29)22-9-6-18(3)14-25(22)27(28)24(20)15-21/h6-10,12,14-15,17,23,26,29H,4,11,13,16H2,1-3,5H3/q+1. The lowest BCUT2D eigenvalue weighted by Gasteiger charge is -2.32. The Bertz CT molecular complexity index is 1100. The minimum atomic E-state index is 0.0504.